The van der Waals surface area contributed by atoms with E-state index in [1.807, 2.05) is 18.7 Å². The summed E-state index contributed by atoms with van der Waals surface area (Å²) in [7, 11) is 0. The fourth-order valence-electron chi connectivity index (χ4n) is 3.83. The number of rotatable bonds is 6. The zero-order chi connectivity index (χ0) is 21.4. The van der Waals surface area contributed by atoms with Crippen LogP contribution in [0.15, 0.2) is 16.7 Å². The number of nitro groups is 1. The quantitative estimate of drug-likeness (QED) is 0.558. The maximum Gasteiger partial charge on any atom is 0.315 e. The van der Waals surface area contributed by atoms with Crippen LogP contribution in [-0.4, -0.2) is 53.0 Å². The summed E-state index contributed by atoms with van der Waals surface area (Å²) in [5.41, 5.74) is 1.41. The van der Waals surface area contributed by atoms with E-state index in [1.54, 1.807) is 0 Å². The number of fused-ring (bicyclic) bond motifs is 1. The van der Waals surface area contributed by atoms with Gasteiger partial charge in [0.2, 0.25) is 12.5 Å². The van der Waals surface area contributed by atoms with Crippen LogP contribution >= 0.6 is 0 Å². The minimum absolute atomic E-state index is 0.0123. The normalized spacial score (nSPS) is 20.5. The molecule has 1 saturated heterocycles. The molecule has 1 fully saturated rings. The molecule has 10 nitrogen and oxygen atoms in total. The summed E-state index contributed by atoms with van der Waals surface area (Å²) < 4.78 is 29.6. The predicted octanol–water partition coefficient (Wildman–Crippen LogP) is 2.27. The molecule has 4 rings (SSSR count). The summed E-state index contributed by atoms with van der Waals surface area (Å²) in [6.45, 7) is 4.42. The molecule has 0 saturated carbocycles. The second-order valence-corrected chi connectivity index (χ2v) is 7.42. The van der Waals surface area contributed by atoms with Crippen molar-refractivity contribution in [3.63, 3.8) is 0 Å². The molecule has 30 heavy (non-hydrogen) atoms. The summed E-state index contributed by atoms with van der Waals surface area (Å²) in [5.74, 6) is 0.346. The highest BCUT2D eigenvalue weighted by atomic mass is 19.1. The number of nitrogens with one attached hydrogen (secondary N) is 1. The number of aryl methyl sites for hydroxylation is 2. The van der Waals surface area contributed by atoms with E-state index in [-0.39, 0.29) is 55.1 Å². The monoisotopic (exact) mass is 420 g/mol. The Balaban J connectivity index is 1.45. The number of alkyl halides is 1. The van der Waals surface area contributed by atoms with Crippen LogP contribution in [0, 0.1) is 24.0 Å². The van der Waals surface area contributed by atoms with Gasteiger partial charge < -0.3 is 19.3 Å². The lowest BCUT2D eigenvalue weighted by molar-refractivity contribution is -0.385. The fourth-order valence-corrected chi connectivity index (χ4v) is 3.83. The average Bonchev–Trinajstić information content (AvgIpc) is 3.40. The van der Waals surface area contributed by atoms with Crippen molar-refractivity contribution in [2.75, 3.05) is 19.9 Å². The van der Waals surface area contributed by atoms with Crippen LogP contribution in [0.1, 0.15) is 33.8 Å². The molecule has 11 heteroatoms. The minimum Gasteiger partial charge on any atom is -0.453 e. The van der Waals surface area contributed by atoms with Gasteiger partial charge in [-0.25, -0.2) is 4.39 Å². The summed E-state index contributed by atoms with van der Waals surface area (Å²) >= 11 is 0. The van der Waals surface area contributed by atoms with Crippen LogP contribution in [0.2, 0.25) is 0 Å². The van der Waals surface area contributed by atoms with E-state index in [4.69, 9.17) is 14.0 Å². The lowest BCUT2D eigenvalue weighted by atomic mass is 10.1. The van der Waals surface area contributed by atoms with E-state index in [9.17, 15) is 19.3 Å². The Hall–Kier alpha value is -3.21. The molecule has 1 amide bonds. The number of hydrogen-bond acceptors (Lipinski definition) is 8. The van der Waals surface area contributed by atoms with Crippen LogP contribution in [-0.2, 0) is 6.54 Å². The van der Waals surface area contributed by atoms with Crippen molar-refractivity contribution >= 4 is 11.6 Å². The van der Waals surface area contributed by atoms with Crippen molar-refractivity contribution < 1.29 is 28.1 Å². The van der Waals surface area contributed by atoms with Gasteiger partial charge in [0.25, 0.3) is 5.91 Å². The van der Waals surface area contributed by atoms with Crippen LogP contribution in [0.5, 0.6) is 11.5 Å². The largest absolute Gasteiger partial charge is 0.453 e. The summed E-state index contributed by atoms with van der Waals surface area (Å²) in [6, 6.07) is 2.33. The topological polar surface area (TPSA) is 120 Å². The number of nitrogens with zero attached hydrogens (tertiary/aromatic N) is 3. The second-order valence-electron chi connectivity index (χ2n) is 7.42. The van der Waals surface area contributed by atoms with E-state index < -0.39 is 17.0 Å². The molecule has 0 unspecified atom stereocenters. The summed E-state index contributed by atoms with van der Waals surface area (Å²) in [4.78, 5) is 25.2. The number of carbonyl (C=O) groups excluding carboxylic acids is 1. The molecule has 2 aliphatic heterocycles. The number of hydrogen-bond donors (Lipinski definition) is 1. The van der Waals surface area contributed by atoms with Gasteiger partial charge in [0.1, 0.15) is 11.9 Å². The predicted molar refractivity (Wildman–Crippen MR) is 101 cm³/mol. The second kappa shape index (κ2) is 7.90. The highest BCUT2D eigenvalue weighted by molar-refractivity contribution is 5.96. The number of ether oxygens (including phenoxy) is 2. The van der Waals surface area contributed by atoms with E-state index in [1.165, 1.54) is 6.07 Å². The Morgan fingerprint density at radius 2 is 2.20 bits per heavy atom. The van der Waals surface area contributed by atoms with Gasteiger partial charge >= 0.3 is 5.69 Å². The van der Waals surface area contributed by atoms with Crippen LogP contribution < -0.4 is 14.8 Å². The molecule has 0 spiro atoms. The number of halogens is 1. The first-order valence-corrected chi connectivity index (χ1v) is 9.49. The third-order valence-electron chi connectivity index (χ3n) is 5.43. The summed E-state index contributed by atoms with van der Waals surface area (Å²) in [5, 5.41) is 17.9. The van der Waals surface area contributed by atoms with Crippen molar-refractivity contribution in [3.05, 3.63) is 44.8 Å². The third-order valence-corrected chi connectivity index (χ3v) is 5.43. The first-order chi connectivity index (χ1) is 14.3. The molecule has 0 radical (unpaired) electrons. The molecular formula is C19H21FN4O6. The molecule has 1 N–H and O–H groups in total. The Morgan fingerprint density at radius 1 is 1.40 bits per heavy atom. The Bertz CT molecular complexity index is 974. The highest BCUT2D eigenvalue weighted by Crippen LogP contribution is 2.41. The Morgan fingerprint density at radius 3 is 2.90 bits per heavy atom. The van der Waals surface area contributed by atoms with Crippen LogP contribution in [0.25, 0.3) is 0 Å². The maximum absolute atomic E-state index is 14.1. The first-order valence-electron chi connectivity index (χ1n) is 9.49. The Kier molecular flexibility index (Phi) is 5.29. The number of nitro benzene ring substituents is 1. The standard InChI is InChI=1S/C19H21FN4O6/c1-10-15(11(2)30-22-10)8-23-7-13(20)5-14(23)6-21-19(25)12-3-16(24(26)27)18-17(4-12)28-9-29-18/h3-4,13-14H,5-9H2,1-2H3,(H,21,25)/t13-,14-/m0/s1. The molecule has 1 aromatic carbocycles. The van der Waals surface area contributed by atoms with Gasteiger partial charge in [-0.15, -0.1) is 0 Å². The SMILES string of the molecule is Cc1noc(C)c1CN1C[C@@H](F)C[C@H]1CNC(=O)c1cc2c(c([N+](=O)[O-])c1)OCO2. The lowest BCUT2D eigenvalue weighted by Crippen LogP contribution is -2.40. The Labute approximate surface area is 171 Å². The minimum atomic E-state index is -1.00. The number of benzene rings is 1. The number of amides is 1. The van der Waals surface area contributed by atoms with Gasteiger partial charge in [0.05, 0.1) is 16.2 Å². The fraction of sp³-hybridized carbons (Fsp3) is 0.474. The zero-order valence-corrected chi connectivity index (χ0v) is 16.5. The average molecular weight is 420 g/mol. The van der Waals surface area contributed by atoms with E-state index in [2.05, 4.69) is 10.5 Å². The van der Waals surface area contributed by atoms with Crippen molar-refractivity contribution in [3.8, 4) is 11.5 Å². The van der Waals surface area contributed by atoms with Crippen LogP contribution in [0.4, 0.5) is 10.1 Å². The highest BCUT2D eigenvalue weighted by Gasteiger charge is 2.34. The molecule has 0 bridgehead atoms. The zero-order valence-electron chi connectivity index (χ0n) is 16.5. The van der Waals surface area contributed by atoms with Crippen molar-refractivity contribution in [2.45, 2.75) is 39.0 Å². The number of carbonyl (C=O) groups is 1. The molecule has 0 aliphatic carbocycles. The molecule has 1 aromatic heterocycles. The molecule has 2 aromatic rings. The van der Waals surface area contributed by atoms with E-state index >= 15 is 0 Å². The van der Waals surface area contributed by atoms with Gasteiger partial charge in [-0.2, -0.15) is 0 Å². The number of aromatic nitrogens is 1. The smallest absolute Gasteiger partial charge is 0.315 e. The molecule has 2 atom stereocenters. The molecule has 2 aliphatic rings. The molecule has 160 valence electrons. The van der Waals surface area contributed by atoms with Gasteiger partial charge in [0, 0.05) is 37.3 Å². The third kappa shape index (κ3) is 3.80. The van der Waals surface area contributed by atoms with Gasteiger partial charge in [-0.1, -0.05) is 5.16 Å². The van der Waals surface area contributed by atoms with Crippen LogP contribution in [0.3, 0.4) is 0 Å². The van der Waals surface area contributed by atoms with E-state index in [0.29, 0.717) is 12.3 Å². The number of likely N-dealkylation sites (tertiary alicyclic amines) is 1. The van der Waals surface area contributed by atoms with Gasteiger partial charge in [0.15, 0.2) is 5.75 Å². The maximum atomic E-state index is 14.1. The van der Waals surface area contributed by atoms with Gasteiger partial charge in [-0.3, -0.25) is 19.8 Å². The van der Waals surface area contributed by atoms with Crippen molar-refractivity contribution in [1.29, 1.82) is 0 Å². The van der Waals surface area contributed by atoms with E-state index in [0.717, 1.165) is 17.3 Å². The first kappa shape index (κ1) is 20.1. The van der Waals surface area contributed by atoms with Crippen molar-refractivity contribution in [2.24, 2.45) is 0 Å². The molecular weight excluding hydrogens is 399 g/mol. The summed E-state index contributed by atoms with van der Waals surface area (Å²) in [6.07, 6.45) is -0.718. The van der Waals surface area contributed by atoms with Crippen molar-refractivity contribution in [1.82, 2.24) is 15.4 Å². The lowest BCUT2D eigenvalue weighted by Gasteiger charge is -2.24. The molecule has 3 heterocycles. The van der Waals surface area contributed by atoms with Gasteiger partial charge in [-0.05, 0) is 26.3 Å².